The lowest BCUT2D eigenvalue weighted by atomic mass is 9.87. The normalized spacial score (nSPS) is 12.7. The average molecular weight is 557 g/mol. The predicted molar refractivity (Wildman–Crippen MR) is 181 cm³/mol. The lowest BCUT2D eigenvalue weighted by Crippen LogP contribution is -2.24. The Bertz CT molecular complexity index is 1420. The summed E-state index contributed by atoms with van der Waals surface area (Å²) in [7, 11) is 0. The van der Waals surface area contributed by atoms with Gasteiger partial charge in [-0.25, -0.2) is 0 Å². The van der Waals surface area contributed by atoms with E-state index in [1.54, 1.807) is 0 Å². The van der Waals surface area contributed by atoms with Crippen LogP contribution in [0.15, 0.2) is 113 Å². The Morgan fingerprint density at radius 3 is 1.17 bits per heavy atom. The summed E-state index contributed by atoms with van der Waals surface area (Å²) in [5.41, 5.74) is 11.2. The molecule has 3 heteroatoms. The molecule has 3 nitrogen and oxygen atoms in total. The highest BCUT2D eigenvalue weighted by Gasteiger charge is 2.27. The lowest BCUT2D eigenvalue weighted by Gasteiger charge is -2.22. The van der Waals surface area contributed by atoms with Crippen LogP contribution < -0.4 is 0 Å². The summed E-state index contributed by atoms with van der Waals surface area (Å²) >= 11 is 0. The van der Waals surface area contributed by atoms with Gasteiger partial charge in [0.1, 0.15) is 5.76 Å². The Morgan fingerprint density at radius 2 is 0.857 bits per heavy atom. The van der Waals surface area contributed by atoms with Crippen molar-refractivity contribution in [2.75, 3.05) is 0 Å². The Hall–Kier alpha value is -4.24. The molecule has 4 rings (SSSR count). The summed E-state index contributed by atoms with van der Waals surface area (Å²) in [6.07, 6.45) is 3.57. The molecule has 0 fully saturated rings. The largest absolute Gasteiger partial charge is 0.511 e. The molecule has 0 radical (unpaired) electrons. The minimum atomic E-state index is -0.510. The molecule has 4 aromatic rings. The average Bonchev–Trinajstić information content (AvgIpc) is 3.02. The third-order valence-corrected chi connectivity index (χ3v) is 8.00. The number of aliphatic imine (C=N–C) groups is 2. The Kier molecular flexibility index (Phi) is 10.7. The fourth-order valence-corrected chi connectivity index (χ4v) is 5.71. The number of hydrogen-bond donors (Lipinski definition) is 1. The summed E-state index contributed by atoms with van der Waals surface area (Å²) in [6.45, 7) is 12.7. The Morgan fingerprint density at radius 1 is 0.524 bits per heavy atom. The molecular weight excluding hydrogens is 512 g/mol. The first kappa shape index (κ1) is 30.7. The van der Waals surface area contributed by atoms with Crippen LogP contribution in [-0.2, 0) is 25.7 Å². The van der Waals surface area contributed by atoms with E-state index in [-0.39, 0.29) is 5.76 Å². The van der Waals surface area contributed by atoms with Gasteiger partial charge in [-0.05, 0) is 72.9 Å². The molecule has 4 aromatic carbocycles. The first-order valence-corrected chi connectivity index (χ1v) is 15.3. The first-order chi connectivity index (χ1) is 20.4. The minimum absolute atomic E-state index is 0.258. The molecule has 1 N–H and O–H groups in total. The van der Waals surface area contributed by atoms with Crippen molar-refractivity contribution in [3.05, 3.63) is 136 Å². The maximum absolute atomic E-state index is 12.4. The number of aliphatic hydroxyl groups excluding tert-OH is 1. The van der Waals surface area contributed by atoms with Crippen molar-refractivity contribution < 1.29 is 5.11 Å². The molecule has 42 heavy (non-hydrogen) atoms. The van der Waals surface area contributed by atoms with Gasteiger partial charge in [-0.3, -0.25) is 9.98 Å². The zero-order chi connectivity index (χ0) is 30.1. The van der Waals surface area contributed by atoms with E-state index in [1.165, 1.54) is 22.3 Å². The van der Waals surface area contributed by atoms with Crippen LogP contribution in [0.25, 0.3) is 5.57 Å². The van der Waals surface area contributed by atoms with E-state index in [9.17, 15) is 5.11 Å². The molecule has 0 unspecified atom stereocenters. The van der Waals surface area contributed by atoms with E-state index in [1.807, 2.05) is 50.2 Å². The first-order valence-electron chi connectivity index (χ1n) is 15.3. The summed E-state index contributed by atoms with van der Waals surface area (Å²) in [5, 5.41) is 12.4. The van der Waals surface area contributed by atoms with Crippen molar-refractivity contribution in [3.8, 4) is 0 Å². The number of aryl methyl sites for hydroxylation is 4. The second-order valence-corrected chi connectivity index (χ2v) is 10.7. The zero-order valence-electron chi connectivity index (χ0n) is 26.0. The molecule has 0 heterocycles. The monoisotopic (exact) mass is 556 g/mol. The van der Waals surface area contributed by atoms with Crippen LogP contribution in [-0.4, -0.2) is 16.5 Å². The fraction of sp³-hybridized carbons (Fsp3) is 0.282. The Labute approximate surface area is 252 Å². The summed E-state index contributed by atoms with van der Waals surface area (Å²) in [5.74, 6) is -0.251. The van der Waals surface area contributed by atoms with Crippen LogP contribution >= 0.6 is 0 Å². The smallest absolute Gasteiger partial charge is 0.115 e. The standard InChI is InChI=1S/C39H44N2O/c1-7-29-23-17-24-30(8-2)37(29)40-27(5)35(28(6)41-38-31(9-3)25-18-26-32(38)10-4)39(42)36(33-19-13-11-14-20-33)34-21-15-12-16-22-34/h11-26,35,42H,7-10H2,1-6H3. The Balaban J connectivity index is 2.03. The third-order valence-electron chi connectivity index (χ3n) is 8.00. The van der Waals surface area contributed by atoms with Gasteiger partial charge >= 0.3 is 0 Å². The highest BCUT2D eigenvalue weighted by atomic mass is 16.3. The number of aliphatic hydroxyl groups is 1. The van der Waals surface area contributed by atoms with Crippen LogP contribution in [0.1, 0.15) is 74.9 Å². The number of para-hydroxylation sites is 2. The van der Waals surface area contributed by atoms with Gasteiger partial charge in [0.2, 0.25) is 0 Å². The lowest BCUT2D eigenvalue weighted by molar-refractivity contribution is 0.391. The van der Waals surface area contributed by atoms with Crippen molar-refractivity contribution in [2.24, 2.45) is 15.9 Å². The summed E-state index contributed by atoms with van der Waals surface area (Å²) in [6, 6.07) is 33.1. The molecule has 0 atom stereocenters. The highest BCUT2D eigenvalue weighted by Crippen LogP contribution is 2.34. The number of allylic oxidation sites excluding steroid dienone is 1. The van der Waals surface area contributed by atoms with Crippen molar-refractivity contribution in [3.63, 3.8) is 0 Å². The van der Waals surface area contributed by atoms with Crippen LogP contribution in [0.3, 0.4) is 0 Å². The maximum atomic E-state index is 12.4. The third kappa shape index (κ3) is 6.79. The van der Waals surface area contributed by atoms with Gasteiger partial charge < -0.3 is 5.11 Å². The van der Waals surface area contributed by atoms with Gasteiger partial charge in [0.15, 0.2) is 0 Å². The van der Waals surface area contributed by atoms with Gasteiger partial charge in [0, 0.05) is 17.0 Å². The van der Waals surface area contributed by atoms with Crippen molar-refractivity contribution in [2.45, 2.75) is 67.2 Å². The fourth-order valence-electron chi connectivity index (χ4n) is 5.71. The quantitative estimate of drug-likeness (QED) is 0.145. The summed E-state index contributed by atoms with van der Waals surface area (Å²) < 4.78 is 0. The van der Waals surface area contributed by atoms with Crippen molar-refractivity contribution >= 4 is 28.4 Å². The molecule has 0 bridgehead atoms. The second-order valence-electron chi connectivity index (χ2n) is 10.7. The van der Waals surface area contributed by atoms with Crippen LogP contribution in [0, 0.1) is 5.92 Å². The van der Waals surface area contributed by atoms with E-state index < -0.39 is 5.92 Å². The van der Waals surface area contributed by atoms with Crippen molar-refractivity contribution in [1.29, 1.82) is 0 Å². The van der Waals surface area contributed by atoms with Gasteiger partial charge in [-0.1, -0.05) is 125 Å². The molecule has 0 aliphatic rings. The second kappa shape index (κ2) is 14.6. The number of rotatable bonds is 11. The molecule has 0 amide bonds. The predicted octanol–water partition coefficient (Wildman–Crippen LogP) is 10.5. The van der Waals surface area contributed by atoms with Gasteiger partial charge in [0.25, 0.3) is 0 Å². The van der Waals surface area contributed by atoms with Gasteiger partial charge in [-0.15, -0.1) is 0 Å². The van der Waals surface area contributed by atoms with Crippen LogP contribution in [0.2, 0.25) is 0 Å². The van der Waals surface area contributed by atoms with E-state index in [0.29, 0.717) is 0 Å². The van der Waals surface area contributed by atoms with Crippen LogP contribution in [0.4, 0.5) is 11.4 Å². The topological polar surface area (TPSA) is 45.0 Å². The number of hydrogen-bond acceptors (Lipinski definition) is 3. The van der Waals surface area contributed by atoms with E-state index in [0.717, 1.165) is 65.2 Å². The molecule has 0 saturated carbocycles. The molecule has 0 aliphatic carbocycles. The number of nitrogens with zero attached hydrogens (tertiary/aromatic N) is 2. The molecule has 0 spiro atoms. The molecule has 0 saturated heterocycles. The zero-order valence-corrected chi connectivity index (χ0v) is 26.0. The van der Waals surface area contributed by atoms with E-state index in [2.05, 4.69) is 88.4 Å². The molecule has 0 aromatic heterocycles. The van der Waals surface area contributed by atoms with Gasteiger partial charge in [0.05, 0.1) is 17.3 Å². The van der Waals surface area contributed by atoms with E-state index >= 15 is 0 Å². The highest BCUT2D eigenvalue weighted by molar-refractivity contribution is 6.11. The molecule has 0 aliphatic heterocycles. The van der Waals surface area contributed by atoms with Gasteiger partial charge in [-0.2, -0.15) is 0 Å². The van der Waals surface area contributed by atoms with Crippen LogP contribution in [0.5, 0.6) is 0 Å². The molecular formula is C39H44N2O. The minimum Gasteiger partial charge on any atom is -0.511 e. The summed E-state index contributed by atoms with van der Waals surface area (Å²) in [4.78, 5) is 10.6. The maximum Gasteiger partial charge on any atom is 0.115 e. The van der Waals surface area contributed by atoms with Crippen molar-refractivity contribution in [1.82, 2.24) is 0 Å². The number of benzene rings is 4. The SMILES string of the molecule is CCc1cccc(CC)c1N=C(C)C(C(C)=Nc1c(CC)cccc1CC)C(O)=C(c1ccccc1)c1ccccc1. The molecule has 216 valence electrons. The van der Waals surface area contributed by atoms with E-state index in [4.69, 9.17) is 9.98 Å².